The zero-order valence-electron chi connectivity index (χ0n) is 11.8. The monoisotopic (exact) mass is 412 g/mol. The second-order valence-electron chi connectivity index (χ2n) is 4.69. The fourth-order valence-electron chi connectivity index (χ4n) is 2.17. The summed E-state index contributed by atoms with van der Waals surface area (Å²) in [5.41, 5.74) is 4.97. The molecular weight excluding hydrogens is 396 g/mol. The Balaban J connectivity index is 2.41. The van der Waals surface area contributed by atoms with Crippen LogP contribution in [-0.4, -0.2) is 6.61 Å². The van der Waals surface area contributed by atoms with Gasteiger partial charge < -0.3 is 4.74 Å². The van der Waals surface area contributed by atoms with E-state index in [4.69, 9.17) is 10.6 Å². The van der Waals surface area contributed by atoms with Gasteiger partial charge in [0.15, 0.2) is 0 Å². The summed E-state index contributed by atoms with van der Waals surface area (Å²) in [6.07, 6.45) is 0.970. The van der Waals surface area contributed by atoms with E-state index >= 15 is 0 Å². The van der Waals surface area contributed by atoms with Gasteiger partial charge in [0, 0.05) is 14.5 Å². The second-order valence-corrected chi connectivity index (χ2v) is 6.52. The molecule has 3 nitrogen and oxygen atoms in total. The summed E-state index contributed by atoms with van der Waals surface area (Å²) in [5.74, 6) is 6.66. The third kappa shape index (κ3) is 4.30. The van der Waals surface area contributed by atoms with Gasteiger partial charge in [-0.05, 0) is 36.2 Å². The van der Waals surface area contributed by atoms with Crippen LogP contribution in [0, 0.1) is 0 Å². The molecule has 0 aliphatic carbocycles. The highest BCUT2D eigenvalue weighted by Crippen LogP contribution is 2.32. The van der Waals surface area contributed by atoms with Crippen molar-refractivity contribution in [2.75, 3.05) is 6.61 Å². The van der Waals surface area contributed by atoms with Crippen molar-refractivity contribution in [1.82, 2.24) is 5.43 Å². The highest BCUT2D eigenvalue weighted by molar-refractivity contribution is 9.11. The van der Waals surface area contributed by atoms with Gasteiger partial charge in [0.25, 0.3) is 0 Å². The van der Waals surface area contributed by atoms with Gasteiger partial charge in [0.05, 0.1) is 12.6 Å². The Labute approximate surface area is 142 Å². The van der Waals surface area contributed by atoms with Gasteiger partial charge in [-0.1, -0.05) is 57.0 Å². The van der Waals surface area contributed by atoms with Crippen molar-refractivity contribution in [1.29, 1.82) is 0 Å². The smallest absolute Gasteiger partial charge is 0.124 e. The van der Waals surface area contributed by atoms with E-state index in [1.165, 1.54) is 0 Å². The van der Waals surface area contributed by atoms with Gasteiger partial charge >= 0.3 is 0 Å². The lowest BCUT2D eigenvalue weighted by molar-refractivity contribution is 0.311. The number of hydrazine groups is 1. The Morgan fingerprint density at radius 3 is 2.43 bits per heavy atom. The van der Waals surface area contributed by atoms with Crippen molar-refractivity contribution >= 4 is 31.9 Å². The van der Waals surface area contributed by atoms with E-state index in [1.807, 2.05) is 42.5 Å². The van der Waals surface area contributed by atoms with Gasteiger partial charge in [0.1, 0.15) is 5.75 Å². The van der Waals surface area contributed by atoms with E-state index in [2.05, 4.69) is 44.2 Å². The normalized spacial score (nSPS) is 12.2. The first-order valence-electron chi connectivity index (χ1n) is 6.79. The molecule has 3 N–H and O–H groups in total. The molecule has 0 aliphatic heterocycles. The molecule has 0 heterocycles. The van der Waals surface area contributed by atoms with Crippen molar-refractivity contribution in [3.8, 4) is 5.75 Å². The first kappa shape index (κ1) is 16.5. The van der Waals surface area contributed by atoms with Gasteiger partial charge in [-0.3, -0.25) is 5.84 Å². The number of hydrogen-bond acceptors (Lipinski definition) is 3. The van der Waals surface area contributed by atoms with Crippen LogP contribution in [0.5, 0.6) is 5.75 Å². The number of halogens is 2. The molecule has 1 unspecified atom stereocenters. The van der Waals surface area contributed by atoms with E-state index in [9.17, 15) is 0 Å². The zero-order valence-corrected chi connectivity index (χ0v) is 14.9. The molecule has 0 saturated carbocycles. The average molecular weight is 414 g/mol. The van der Waals surface area contributed by atoms with Gasteiger partial charge in [-0.25, -0.2) is 5.43 Å². The maximum atomic E-state index is 5.83. The highest BCUT2D eigenvalue weighted by Gasteiger charge is 2.17. The predicted molar refractivity (Wildman–Crippen MR) is 93.2 cm³/mol. The molecule has 21 heavy (non-hydrogen) atoms. The summed E-state index contributed by atoms with van der Waals surface area (Å²) < 4.78 is 7.83. The fraction of sp³-hybridized carbons (Fsp3) is 0.250. The van der Waals surface area contributed by atoms with E-state index in [0.29, 0.717) is 6.61 Å². The minimum atomic E-state index is -0.133. The number of nitrogens with two attached hydrogens (primary N) is 1. The van der Waals surface area contributed by atoms with E-state index in [0.717, 1.165) is 32.2 Å². The first-order chi connectivity index (χ1) is 10.2. The van der Waals surface area contributed by atoms with Crippen LogP contribution < -0.4 is 16.0 Å². The molecule has 0 bridgehead atoms. The van der Waals surface area contributed by atoms with Crippen LogP contribution in [0.15, 0.2) is 51.4 Å². The van der Waals surface area contributed by atoms with Crippen molar-refractivity contribution in [2.24, 2.45) is 5.84 Å². The summed E-state index contributed by atoms with van der Waals surface area (Å²) >= 11 is 7.03. The molecule has 0 aromatic heterocycles. The minimum absolute atomic E-state index is 0.133. The minimum Gasteiger partial charge on any atom is -0.493 e. The van der Waals surface area contributed by atoms with Crippen LogP contribution in [0.2, 0.25) is 0 Å². The Kier molecular flexibility index (Phi) is 6.23. The number of benzene rings is 2. The lowest BCUT2D eigenvalue weighted by Crippen LogP contribution is -2.29. The van der Waals surface area contributed by atoms with Crippen LogP contribution in [0.25, 0.3) is 0 Å². The number of ether oxygens (including phenoxy) is 1. The second kappa shape index (κ2) is 7.94. The summed E-state index contributed by atoms with van der Waals surface area (Å²) in [7, 11) is 0. The third-order valence-electron chi connectivity index (χ3n) is 3.08. The molecule has 0 fully saturated rings. The van der Waals surface area contributed by atoms with Crippen molar-refractivity contribution < 1.29 is 4.74 Å². The molecular formula is C16H18Br2N2O. The Bertz CT molecular complexity index is 584. The molecule has 0 spiro atoms. The summed E-state index contributed by atoms with van der Waals surface area (Å²) in [5, 5.41) is 0. The molecule has 2 aromatic rings. The summed E-state index contributed by atoms with van der Waals surface area (Å²) in [4.78, 5) is 0. The van der Waals surface area contributed by atoms with Gasteiger partial charge in [0.2, 0.25) is 0 Å². The van der Waals surface area contributed by atoms with Crippen LogP contribution in [0.3, 0.4) is 0 Å². The lowest BCUT2D eigenvalue weighted by atomic mass is 9.98. The van der Waals surface area contributed by atoms with E-state index in [-0.39, 0.29) is 6.04 Å². The third-order valence-corrected chi connectivity index (χ3v) is 3.99. The van der Waals surface area contributed by atoms with E-state index in [1.54, 1.807) is 0 Å². The van der Waals surface area contributed by atoms with Crippen LogP contribution in [-0.2, 0) is 0 Å². The number of nitrogens with one attached hydrogen (secondary N) is 1. The standard InChI is InChI=1S/C16H18Br2N2O/c1-2-7-21-15-6-4-3-5-14(15)16(20-19)11-8-12(17)10-13(18)9-11/h3-6,8-10,16,20H,2,7,19H2,1H3. The van der Waals surface area contributed by atoms with Crippen LogP contribution in [0.1, 0.15) is 30.5 Å². The Morgan fingerprint density at radius 1 is 1.14 bits per heavy atom. The predicted octanol–water partition coefficient (Wildman–Crippen LogP) is 4.55. The summed E-state index contributed by atoms with van der Waals surface area (Å²) in [6, 6.07) is 13.9. The maximum absolute atomic E-state index is 5.83. The molecule has 5 heteroatoms. The number of para-hydroxylation sites is 1. The average Bonchev–Trinajstić information content (AvgIpc) is 2.46. The number of rotatable bonds is 6. The first-order valence-corrected chi connectivity index (χ1v) is 8.38. The van der Waals surface area contributed by atoms with Crippen LogP contribution in [0.4, 0.5) is 0 Å². The quantitative estimate of drug-likeness (QED) is 0.539. The molecule has 0 amide bonds. The van der Waals surface area contributed by atoms with Crippen molar-refractivity contribution in [3.63, 3.8) is 0 Å². The molecule has 0 aliphatic rings. The Morgan fingerprint density at radius 2 is 1.81 bits per heavy atom. The van der Waals surface area contributed by atoms with Gasteiger partial charge in [-0.15, -0.1) is 0 Å². The number of hydrogen-bond donors (Lipinski definition) is 2. The molecule has 2 rings (SSSR count). The van der Waals surface area contributed by atoms with E-state index < -0.39 is 0 Å². The van der Waals surface area contributed by atoms with Crippen LogP contribution >= 0.6 is 31.9 Å². The zero-order chi connectivity index (χ0) is 15.2. The molecule has 0 radical (unpaired) electrons. The van der Waals surface area contributed by atoms with Crippen molar-refractivity contribution in [2.45, 2.75) is 19.4 Å². The highest BCUT2D eigenvalue weighted by atomic mass is 79.9. The molecule has 1 atom stereocenters. The van der Waals surface area contributed by atoms with Crippen molar-refractivity contribution in [3.05, 3.63) is 62.5 Å². The fourth-order valence-corrected chi connectivity index (χ4v) is 3.50. The maximum Gasteiger partial charge on any atom is 0.124 e. The Hall–Kier alpha value is -0.880. The molecule has 0 saturated heterocycles. The largest absolute Gasteiger partial charge is 0.493 e. The topological polar surface area (TPSA) is 47.3 Å². The lowest BCUT2D eigenvalue weighted by Gasteiger charge is -2.21. The summed E-state index contributed by atoms with van der Waals surface area (Å²) in [6.45, 7) is 2.78. The molecule has 2 aromatic carbocycles. The van der Waals surface area contributed by atoms with Gasteiger partial charge in [-0.2, -0.15) is 0 Å². The SMILES string of the molecule is CCCOc1ccccc1C(NN)c1cc(Br)cc(Br)c1. The molecule has 112 valence electrons.